The standard InChI is InChI=1S/C15H22N2O2/c1-4-5-10-17(3)11-15(19)16-14-8-6-13(7-9-14)12(2)18/h6-9H,4-5,10-11H2,1-3H3,(H,16,19). The van der Waals surface area contributed by atoms with E-state index in [9.17, 15) is 9.59 Å². The Labute approximate surface area is 114 Å². The van der Waals surface area contributed by atoms with E-state index >= 15 is 0 Å². The van der Waals surface area contributed by atoms with E-state index in [1.807, 2.05) is 11.9 Å². The highest BCUT2D eigenvalue weighted by Crippen LogP contribution is 2.10. The van der Waals surface area contributed by atoms with Crippen LogP contribution in [0.2, 0.25) is 0 Å². The highest BCUT2D eigenvalue weighted by atomic mass is 16.2. The fraction of sp³-hybridized carbons (Fsp3) is 0.467. The topological polar surface area (TPSA) is 49.4 Å². The van der Waals surface area contributed by atoms with Crippen LogP contribution in [0.15, 0.2) is 24.3 Å². The molecular formula is C15H22N2O2. The van der Waals surface area contributed by atoms with Crippen LogP contribution in [0.3, 0.4) is 0 Å². The number of carbonyl (C=O) groups is 2. The number of anilines is 1. The number of benzene rings is 1. The van der Waals surface area contributed by atoms with Crippen LogP contribution < -0.4 is 5.32 Å². The van der Waals surface area contributed by atoms with E-state index in [2.05, 4.69) is 12.2 Å². The van der Waals surface area contributed by atoms with Gasteiger partial charge >= 0.3 is 0 Å². The number of unbranched alkanes of at least 4 members (excludes halogenated alkanes) is 1. The number of Topliss-reactive ketones (excluding diaryl/α,β-unsaturated/α-hetero) is 1. The maximum absolute atomic E-state index is 11.8. The first kappa shape index (κ1) is 15.4. The minimum Gasteiger partial charge on any atom is -0.325 e. The Morgan fingerprint density at radius 2 is 1.84 bits per heavy atom. The molecule has 0 spiro atoms. The summed E-state index contributed by atoms with van der Waals surface area (Å²) in [6.07, 6.45) is 2.22. The van der Waals surface area contributed by atoms with Crippen LogP contribution in [-0.4, -0.2) is 36.7 Å². The average Bonchev–Trinajstić information content (AvgIpc) is 2.36. The summed E-state index contributed by atoms with van der Waals surface area (Å²) in [6.45, 7) is 4.96. The van der Waals surface area contributed by atoms with E-state index < -0.39 is 0 Å². The molecular weight excluding hydrogens is 240 g/mol. The van der Waals surface area contributed by atoms with Crippen molar-refractivity contribution in [3.05, 3.63) is 29.8 Å². The predicted molar refractivity (Wildman–Crippen MR) is 77.5 cm³/mol. The van der Waals surface area contributed by atoms with E-state index in [4.69, 9.17) is 0 Å². The van der Waals surface area contributed by atoms with Crippen molar-refractivity contribution >= 4 is 17.4 Å². The van der Waals surface area contributed by atoms with Crippen molar-refractivity contribution in [2.45, 2.75) is 26.7 Å². The predicted octanol–water partition coefficient (Wildman–Crippen LogP) is 2.56. The van der Waals surface area contributed by atoms with Crippen molar-refractivity contribution in [3.8, 4) is 0 Å². The number of hydrogen-bond donors (Lipinski definition) is 1. The molecule has 1 rings (SSSR count). The number of amides is 1. The summed E-state index contributed by atoms with van der Waals surface area (Å²) >= 11 is 0. The van der Waals surface area contributed by atoms with Gasteiger partial charge < -0.3 is 5.32 Å². The molecule has 0 bridgehead atoms. The quantitative estimate of drug-likeness (QED) is 0.768. The van der Waals surface area contributed by atoms with Crippen LogP contribution in [0.5, 0.6) is 0 Å². The molecule has 1 aromatic carbocycles. The maximum atomic E-state index is 11.8. The second kappa shape index (κ2) is 7.69. The zero-order valence-corrected chi connectivity index (χ0v) is 11.9. The number of nitrogens with one attached hydrogen (secondary N) is 1. The lowest BCUT2D eigenvalue weighted by atomic mass is 10.1. The number of rotatable bonds is 7. The molecule has 0 fully saturated rings. The lowest BCUT2D eigenvalue weighted by Gasteiger charge is -2.15. The lowest BCUT2D eigenvalue weighted by Crippen LogP contribution is -2.30. The van der Waals surface area contributed by atoms with Crippen molar-refractivity contribution in [2.24, 2.45) is 0 Å². The zero-order valence-electron chi connectivity index (χ0n) is 11.9. The molecule has 104 valence electrons. The maximum Gasteiger partial charge on any atom is 0.238 e. The smallest absolute Gasteiger partial charge is 0.238 e. The van der Waals surface area contributed by atoms with Gasteiger partial charge in [0.2, 0.25) is 5.91 Å². The summed E-state index contributed by atoms with van der Waals surface area (Å²) in [6, 6.07) is 6.94. The van der Waals surface area contributed by atoms with E-state index in [0.29, 0.717) is 12.1 Å². The Bertz CT molecular complexity index is 426. The zero-order chi connectivity index (χ0) is 14.3. The monoisotopic (exact) mass is 262 g/mol. The minimum atomic E-state index is -0.0332. The van der Waals surface area contributed by atoms with Gasteiger partial charge in [-0.15, -0.1) is 0 Å². The highest BCUT2D eigenvalue weighted by molar-refractivity contribution is 5.96. The minimum absolute atomic E-state index is 0.0252. The Balaban J connectivity index is 2.45. The Morgan fingerprint density at radius 3 is 2.37 bits per heavy atom. The molecule has 0 atom stereocenters. The van der Waals surface area contributed by atoms with E-state index in [1.165, 1.54) is 6.92 Å². The van der Waals surface area contributed by atoms with Crippen LogP contribution >= 0.6 is 0 Å². The molecule has 4 heteroatoms. The number of ketones is 1. The first-order valence-electron chi connectivity index (χ1n) is 6.62. The van der Waals surface area contributed by atoms with Gasteiger partial charge in [0.15, 0.2) is 5.78 Å². The first-order chi connectivity index (χ1) is 9.02. The Hall–Kier alpha value is -1.68. The number of likely N-dealkylation sites (N-methyl/N-ethyl adjacent to an activating group) is 1. The van der Waals surface area contributed by atoms with E-state index in [0.717, 1.165) is 25.1 Å². The Morgan fingerprint density at radius 1 is 1.21 bits per heavy atom. The molecule has 0 heterocycles. The molecule has 1 aromatic rings. The van der Waals surface area contributed by atoms with Crippen molar-refractivity contribution in [3.63, 3.8) is 0 Å². The SMILES string of the molecule is CCCCN(C)CC(=O)Nc1ccc(C(C)=O)cc1. The number of nitrogens with zero attached hydrogens (tertiary/aromatic N) is 1. The summed E-state index contributed by atoms with van der Waals surface area (Å²) in [5.41, 5.74) is 1.37. The van der Waals surface area contributed by atoms with Crippen molar-refractivity contribution in [1.82, 2.24) is 4.90 Å². The van der Waals surface area contributed by atoms with Crippen molar-refractivity contribution in [2.75, 3.05) is 25.5 Å². The second-order valence-electron chi connectivity index (χ2n) is 4.77. The van der Waals surface area contributed by atoms with Crippen molar-refractivity contribution in [1.29, 1.82) is 0 Å². The fourth-order valence-electron chi connectivity index (χ4n) is 1.74. The molecule has 0 unspecified atom stereocenters. The molecule has 0 radical (unpaired) electrons. The Kier molecular flexibility index (Phi) is 6.22. The van der Waals surface area contributed by atoms with E-state index in [1.54, 1.807) is 24.3 Å². The summed E-state index contributed by atoms with van der Waals surface area (Å²) < 4.78 is 0. The average molecular weight is 262 g/mol. The summed E-state index contributed by atoms with van der Waals surface area (Å²) in [4.78, 5) is 24.9. The van der Waals surface area contributed by atoms with Gasteiger partial charge in [0.25, 0.3) is 0 Å². The largest absolute Gasteiger partial charge is 0.325 e. The number of carbonyl (C=O) groups excluding carboxylic acids is 2. The molecule has 0 aliphatic carbocycles. The van der Waals surface area contributed by atoms with E-state index in [-0.39, 0.29) is 11.7 Å². The van der Waals surface area contributed by atoms with Gasteiger partial charge in [-0.25, -0.2) is 0 Å². The molecule has 0 aliphatic heterocycles. The van der Waals surface area contributed by atoms with Crippen LogP contribution in [-0.2, 0) is 4.79 Å². The third kappa shape index (κ3) is 5.66. The van der Waals surface area contributed by atoms with Gasteiger partial charge in [0.1, 0.15) is 0 Å². The summed E-state index contributed by atoms with van der Waals surface area (Å²) in [5, 5.41) is 2.82. The molecule has 1 N–H and O–H groups in total. The summed E-state index contributed by atoms with van der Waals surface area (Å²) in [7, 11) is 1.94. The second-order valence-corrected chi connectivity index (χ2v) is 4.77. The number of hydrogen-bond acceptors (Lipinski definition) is 3. The first-order valence-corrected chi connectivity index (χ1v) is 6.62. The molecule has 0 saturated carbocycles. The highest BCUT2D eigenvalue weighted by Gasteiger charge is 2.06. The lowest BCUT2D eigenvalue weighted by molar-refractivity contribution is -0.117. The molecule has 4 nitrogen and oxygen atoms in total. The van der Waals surface area contributed by atoms with Gasteiger partial charge in [-0.2, -0.15) is 0 Å². The summed E-state index contributed by atoms with van der Waals surface area (Å²) in [5.74, 6) is -0.00801. The normalized spacial score (nSPS) is 10.5. The van der Waals surface area contributed by atoms with Gasteiger partial charge in [-0.05, 0) is 51.2 Å². The molecule has 0 aromatic heterocycles. The molecule has 19 heavy (non-hydrogen) atoms. The fourth-order valence-corrected chi connectivity index (χ4v) is 1.74. The van der Waals surface area contributed by atoms with Gasteiger partial charge in [0, 0.05) is 11.3 Å². The van der Waals surface area contributed by atoms with Crippen LogP contribution in [0, 0.1) is 0 Å². The van der Waals surface area contributed by atoms with Crippen LogP contribution in [0.25, 0.3) is 0 Å². The third-order valence-electron chi connectivity index (χ3n) is 2.88. The van der Waals surface area contributed by atoms with Gasteiger partial charge in [-0.3, -0.25) is 14.5 Å². The van der Waals surface area contributed by atoms with Crippen LogP contribution in [0.1, 0.15) is 37.0 Å². The molecule has 1 amide bonds. The van der Waals surface area contributed by atoms with Gasteiger partial charge in [-0.1, -0.05) is 13.3 Å². The molecule has 0 aliphatic rings. The molecule has 0 saturated heterocycles. The third-order valence-corrected chi connectivity index (χ3v) is 2.88. The van der Waals surface area contributed by atoms with Gasteiger partial charge in [0.05, 0.1) is 6.54 Å². The van der Waals surface area contributed by atoms with Crippen LogP contribution in [0.4, 0.5) is 5.69 Å². The van der Waals surface area contributed by atoms with Crippen molar-refractivity contribution < 1.29 is 9.59 Å².